The summed E-state index contributed by atoms with van der Waals surface area (Å²) in [5, 5.41) is 18.5. The number of halogens is 1. The highest BCUT2D eigenvalue weighted by atomic mass is 19.1. The monoisotopic (exact) mass is 272 g/mol. The van der Waals surface area contributed by atoms with Crippen LogP contribution >= 0.6 is 0 Å². The second kappa shape index (κ2) is 5.08. The van der Waals surface area contributed by atoms with Gasteiger partial charge in [0.2, 0.25) is 0 Å². The van der Waals surface area contributed by atoms with E-state index in [4.69, 9.17) is 9.84 Å². The lowest BCUT2D eigenvalue weighted by atomic mass is 10.2. The molecule has 19 heavy (non-hydrogen) atoms. The molecule has 8 heteroatoms. The number of nitrogens with one attached hydrogen (secondary N) is 1. The molecule has 104 valence electrons. The van der Waals surface area contributed by atoms with Crippen molar-refractivity contribution in [2.45, 2.75) is 24.9 Å². The van der Waals surface area contributed by atoms with Crippen molar-refractivity contribution in [3.63, 3.8) is 0 Å². The first-order valence-corrected chi connectivity index (χ1v) is 5.58. The number of H-pyrrole nitrogens is 1. The van der Waals surface area contributed by atoms with E-state index in [9.17, 15) is 19.1 Å². The fraction of sp³-hybridized carbons (Fsp3) is 0.455. The average molecular weight is 272 g/mol. The summed E-state index contributed by atoms with van der Waals surface area (Å²) in [5.74, 6) is -0.979. The molecule has 1 saturated heterocycles. The third kappa shape index (κ3) is 2.50. The van der Waals surface area contributed by atoms with Crippen LogP contribution in [0.2, 0.25) is 0 Å². The summed E-state index contributed by atoms with van der Waals surface area (Å²) in [5.41, 5.74) is -2.05. The van der Waals surface area contributed by atoms with Crippen LogP contribution in [0.3, 0.4) is 0 Å². The molecule has 7 nitrogen and oxygen atoms in total. The average Bonchev–Trinajstić information content (AvgIpc) is 2.69. The van der Waals surface area contributed by atoms with Gasteiger partial charge in [0, 0.05) is 12.6 Å². The molecule has 3 N–H and O–H groups in total. The number of aliphatic hydroxyl groups is 2. The van der Waals surface area contributed by atoms with Crippen molar-refractivity contribution in [3.05, 3.63) is 39.2 Å². The van der Waals surface area contributed by atoms with Gasteiger partial charge in [0.15, 0.2) is 0 Å². The van der Waals surface area contributed by atoms with Crippen LogP contribution in [0.4, 0.5) is 4.39 Å². The largest absolute Gasteiger partial charge is 0.394 e. The maximum Gasteiger partial charge on any atom is 0.330 e. The van der Waals surface area contributed by atoms with E-state index in [2.05, 4.69) is 6.58 Å². The molecule has 2 rings (SSSR count). The number of hydrogen-bond acceptors (Lipinski definition) is 5. The molecule has 0 aliphatic carbocycles. The zero-order valence-electron chi connectivity index (χ0n) is 9.88. The van der Waals surface area contributed by atoms with E-state index in [1.54, 1.807) is 0 Å². The number of aromatic amines is 1. The molecule has 0 aromatic carbocycles. The van der Waals surface area contributed by atoms with Gasteiger partial charge in [0.25, 0.3) is 5.56 Å². The van der Waals surface area contributed by atoms with Crippen LogP contribution in [0.1, 0.15) is 18.2 Å². The highest BCUT2D eigenvalue weighted by Gasteiger charge is 2.35. The van der Waals surface area contributed by atoms with Gasteiger partial charge in [-0.2, -0.15) is 0 Å². The number of nitrogens with zero attached hydrogens (tertiary/aromatic N) is 1. The Morgan fingerprint density at radius 2 is 2.32 bits per heavy atom. The zero-order chi connectivity index (χ0) is 14.2. The van der Waals surface area contributed by atoms with Crippen molar-refractivity contribution in [2.24, 2.45) is 0 Å². The normalized spacial score (nSPS) is 26.6. The van der Waals surface area contributed by atoms with Crippen LogP contribution in [-0.2, 0) is 4.74 Å². The van der Waals surface area contributed by atoms with Crippen molar-refractivity contribution in [3.8, 4) is 0 Å². The van der Waals surface area contributed by atoms with Gasteiger partial charge in [0.05, 0.1) is 18.3 Å². The first kappa shape index (κ1) is 13.7. The Balaban J connectivity index is 2.41. The van der Waals surface area contributed by atoms with E-state index in [-0.39, 0.29) is 12.0 Å². The molecule has 1 aliphatic rings. The van der Waals surface area contributed by atoms with Crippen LogP contribution in [0.25, 0.3) is 5.83 Å². The zero-order valence-corrected chi connectivity index (χ0v) is 9.88. The maximum atomic E-state index is 13.1. The molecule has 1 aromatic rings. The topological polar surface area (TPSA) is 105 Å². The quantitative estimate of drug-likeness (QED) is 0.662. The van der Waals surface area contributed by atoms with Crippen molar-refractivity contribution in [1.29, 1.82) is 0 Å². The van der Waals surface area contributed by atoms with Crippen molar-refractivity contribution >= 4 is 5.83 Å². The molecule has 1 aliphatic heterocycles. The summed E-state index contributed by atoms with van der Waals surface area (Å²) in [7, 11) is 0. The predicted molar refractivity (Wildman–Crippen MR) is 63.1 cm³/mol. The lowest BCUT2D eigenvalue weighted by Gasteiger charge is -2.14. The minimum absolute atomic E-state index is 0.0510. The summed E-state index contributed by atoms with van der Waals surface area (Å²) in [6.07, 6.45) is -1.60. The smallest absolute Gasteiger partial charge is 0.330 e. The van der Waals surface area contributed by atoms with Crippen LogP contribution in [-0.4, -0.2) is 38.6 Å². The lowest BCUT2D eigenvalue weighted by molar-refractivity contribution is -0.0459. The van der Waals surface area contributed by atoms with Gasteiger partial charge < -0.3 is 14.9 Å². The molecular weight excluding hydrogens is 259 g/mol. The second-order valence-corrected chi connectivity index (χ2v) is 4.23. The molecule has 0 amide bonds. The summed E-state index contributed by atoms with van der Waals surface area (Å²) < 4.78 is 19.3. The number of aromatic nitrogens is 2. The fourth-order valence-electron chi connectivity index (χ4n) is 1.94. The highest BCUT2D eigenvalue weighted by molar-refractivity contribution is 5.54. The molecule has 0 spiro atoms. The highest BCUT2D eigenvalue weighted by Crippen LogP contribution is 2.27. The van der Waals surface area contributed by atoms with E-state index >= 15 is 0 Å². The summed E-state index contributed by atoms with van der Waals surface area (Å²) in [6.45, 7) is 2.59. The number of rotatable bonds is 3. The van der Waals surface area contributed by atoms with Gasteiger partial charge in [-0.15, -0.1) is 0 Å². The standard InChI is InChI=1S/C11H13FN2O5/c1-5(12)6-3-14(11(18)13-10(6)17)9-2-7(16)8(4-15)19-9/h3,7-9,15-16H,1-2,4H2,(H,13,17,18)/t7?,8-,9-/m0/s1. The Labute approximate surface area is 106 Å². The van der Waals surface area contributed by atoms with Crippen LogP contribution < -0.4 is 11.2 Å². The molecule has 3 atom stereocenters. The van der Waals surface area contributed by atoms with Gasteiger partial charge in [-0.05, 0) is 0 Å². The minimum Gasteiger partial charge on any atom is -0.394 e. The Hall–Kier alpha value is -1.77. The lowest BCUT2D eigenvalue weighted by Crippen LogP contribution is -2.34. The van der Waals surface area contributed by atoms with Gasteiger partial charge >= 0.3 is 5.69 Å². The number of hydrogen-bond donors (Lipinski definition) is 3. The Morgan fingerprint density at radius 1 is 1.63 bits per heavy atom. The van der Waals surface area contributed by atoms with Gasteiger partial charge in [-0.25, -0.2) is 9.18 Å². The minimum atomic E-state index is -0.979. The van der Waals surface area contributed by atoms with Crippen molar-refractivity contribution in [1.82, 2.24) is 9.55 Å². The van der Waals surface area contributed by atoms with E-state index < -0.39 is 42.1 Å². The SMILES string of the molecule is C=C(F)c1cn([C@@H]2CC(O)[C@H](CO)O2)c(=O)[nH]c1=O. The first-order valence-electron chi connectivity index (χ1n) is 5.58. The first-order chi connectivity index (χ1) is 8.93. The summed E-state index contributed by atoms with van der Waals surface area (Å²) in [4.78, 5) is 24.9. The summed E-state index contributed by atoms with van der Waals surface area (Å²) in [6, 6.07) is 0. The van der Waals surface area contributed by atoms with Crippen LogP contribution in [0.5, 0.6) is 0 Å². The predicted octanol–water partition coefficient (Wildman–Crippen LogP) is -0.883. The molecule has 0 bridgehead atoms. The molecular formula is C11H13FN2O5. The van der Waals surface area contributed by atoms with Crippen molar-refractivity contribution < 1.29 is 19.3 Å². The van der Waals surface area contributed by atoms with Gasteiger partial charge in [0.1, 0.15) is 18.2 Å². The fourth-order valence-corrected chi connectivity index (χ4v) is 1.94. The molecule has 2 heterocycles. The van der Waals surface area contributed by atoms with Gasteiger partial charge in [-0.1, -0.05) is 6.58 Å². The third-order valence-corrected chi connectivity index (χ3v) is 2.95. The molecule has 1 aromatic heterocycles. The van der Waals surface area contributed by atoms with E-state index in [1.165, 1.54) is 0 Å². The Bertz CT molecular complexity index is 608. The Kier molecular flexibility index (Phi) is 3.65. The molecule has 1 unspecified atom stereocenters. The van der Waals surface area contributed by atoms with Crippen molar-refractivity contribution in [2.75, 3.05) is 6.61 Å². The Morgan fingerprint density at radius 3 is 2.84 bits per heavy atom. The number of ether oxygens (including phenoxy) is 1. The number of aliphatic hydroxyl groups excluding tert-OH is 2. The molecule has 0 saturated carbocycles. The van der Waals surface area contributed by atoms with E-state index in [0.29, 0.717) is 0 Å². The third-order valence-electron chi connectivity index (χ3n) is 2.95. The van der Waals surface area contributed by atoms with Gasteiger partial charge in [-0.3, -0.25) is 14.3 Å². The van der Waals surface area contributed by atoms with Crippen LogP contribution in [0.15, 0.2) is 22.4 Å². The second-order valence-electron chi connectivity index (χ2n) is 4.23. The molecule has 0 radical (unpaired) electrons. The summed E-state index contributed by atoms with van der Waals surface area (Å²) >= 11 is 0. The van der Waals surface area contributed by atoms with E-state index in [1.807, 2.05) is 4.98 Å². The maximum absolute atomic E-state index is 13.1. The molecule has 1 fully saturated rings. The van der Waals surface area contributed by atoms with Crippen LogP contribution in [0, 0.1) is 0 Å². The van der Waals surface area contributed by atoms with E-state index in [0.717, 1.165) is 10.8 Å².